The monoisotopic (exact) mass is 266 g/mol. The van der Waals surface area contributed by atoms with Crippen molar-refractivity contribution in [2.75, 3.05) is 26.8 Å². The number of H-pyrrole nitrogens is 1. The number of carbonyl (C=O) groups excluding carboxylic acids is 1. The van der Waals surface area contributed by atoms with Crippen LogP contribution in [0.4, 0.5) is 0 Å². The minimum absolute atomic E-state index is 0.0289. The number of nitrogens with one attached hydrogen (secondary N) is 1. The fraction of sp³-hybridized carbons (Fsp3) is 0.692. The molecule has 1 saturated heterocycles. The first-order valence-corrected chi connectivity index (χ1v) is 6.75. The summed E-state index contributed by atoms with van der Waals surface area (Å²) in [7, 11) is 1.62. The van der Waals surface area contributed by atoms with E-state index in [4.69, 9.17) is 10.5 Å². The molecule has 6 nitrogen and oxygen atoms in total. The lowest BCUT2D eigenvalue weighted by Gasteiger charge is -2.33. The number of methoxy groups -OCH3 is 1. The van der Waals surface area contributed by atoms with E-state index in [2.05, 4.69) is 10.2 Å². The molecular formula is C13H22N4O2. The van der Waals surface area contributed by atoms with Gasteiger partial charge in [0.05, 0.1) is 6.04 Å². The van der Waals surface area contributed by atoms with Crippen LogP contribution in [0.5, 0.6) is 0 Å². The topological polar surface area (TPSA) is 84.2 Å². The Bertz CT molecular complexity index is 393. The first kappa shape index (κ1) is 14.0. The van der Waals surface area contributed by atoms with E-state index in [1.165, 1.54) is 0 Å². The summed E-state index contributed by atoms with van der Waals surface area (Å²) in [6.07, 6.45) is 4.41. The molecule has 0 radical (unpaired) electrons. The molecule has 1 aliphatic rings. The van der Waals surface area contributed by atoms with Gasteiger partial charge in [-0.1, -0.05) is 0 Å². The highest BCUT2D eigenvalue weighted by molar-refractivity contribution is 5.81. The van der Waals surface area contributed by atoms with Crippen molar-refractivity contribution in [3.63, 3.8) is 0 Å². The summed E-state index contributed by atoms with van der Waals surface area (Å²) < 4.78 is 4.97. The SMILES string of the molecule is COCCC(N)C(=O)N1CCCC(c2ccn[nH]2)C1. The number of likely N-dealkylation sites (tertiary alicyclic amines) is 1. The van der Waals surface area contributed by atoms with E-state index in [-0.39, 0.29) is 5.91 Å². The maximum Gasteiger partial charge on any atom is 0.239 e. The molecule has 2 heterocycles. The van der Waals surface area contributed by atoms with Crippen LogP contribution in [-0.2, 0) is 9.53 Å². The molecule has 1 aromatic rings. The Hall–Kier alpha value is -1.40. The van der Waals surface area contributed by atoms with Gasteiger partial charge in [0.2, 0.25) is 5.91 Å². The van der Waals surface area contributed by atoms with Crippen molar-refractivity contribution in [3.8, 4) is 0 Å². The first-order chi connectivity index (χ1) is 9.22. The molecule has 1 amide bonds. The van der Waals surface area contributed by atoms with E-state index in [0.717, 1.165) is 31.6 Å². The molecule has 0 saturated carbocycles. The molecule has 19 heavy (non-hydrogen) atoms. The van der Waals surface area contributed by atoms with Gasteiger partial charge >= 0.3 is 0 Å². The minimum Gasteiger partial charge on any atom is -0.385 e. The normalized spacial score (nSPS) is 21.4. The molecular weight excluding hydrogens is 244 g/mol. The maximum atomic E-state index is 12.2. The van der Waals surface area contributed by atoms with Gasteiger partial charge in [0.25, 0.3) is 0 Å². The third-order valence-corrected chi connectivity index (χ3v) is 3.65. The van der Waals surface area contributed by atoms with Gasteiger partial charge in [-0.25, -0.2) is 0 Å². The second-order valence-corrected chi connectivity index (χ2v) is 5.02. The molecule has 0 aromatic carbocycles. The number of nitrogens with two attached hydrogens (primary N) is 1. The van der Waals surface area contributed by atoms with Crippen LogP contribution in [0.15, 0.2) is 12.3 Å². The molecule has 0 aliphatic carbocycles. The van der Waals surface area contributed by atoms with Gasteiger partial charge in [0.15, 0.2) is 0 Å². The largest absolute Gasteiger partial charge is 0.385 e. The molecule has 2 unspecified atom stereocenters. The Morgan fingerprint density at radius 2 is 2.58 bits per heavy atom. The van der Waals surface area contributed by atoms with Crippen molar-refractivity contribution >= 4 is 5.91 Å². The van der Waals surface area contributed by atoms with Crippen LogP contribution in [0.2, 0.25) is 0 Å². The predicted octanol–water partition coefficient (Wildman–Crippen LogP) is 0.480. The van der Waals surface area contributed by atoms with Crippen molar-refractivity contribution in [1.82, 2.24) is 15.1 Å². The molecule has 1 aliphatic heterocycles. The number of aromatic nitrogens is 2. The van der Waals surface area contributed by atoms with Gasteiger partial charge in [-0.2, -0.15) is 5.10 Å². The second-order valence-electron chi connectivity index (χ2n) is 5.02. The van der Waals surface area contributed by atoms with Gasteiger partial charge < -0.3 is 15.4 Å². The summed E-state index contributed by atoms with van der Waals surface area (Å²) in [5.74, 6) is 0.371. The first-order valence-electron chi connectivity index (χ1n) is 6.75. The number of nitrogens with zero attached hydrogens (tertiary/aromatic N) is 2. The summed E-state index contributed by atoms with van der Waals surface area (Å²) in [6.45, 7) is 2.04. The maximum absolute atomic E-state index is 12.2. The third-order valence-electron chi connectivity index (χ3n) is 3.65. The fourth-order valence-corrected chi connectivity index (χ4v) is 2.53. The van der Waals surface area contributed by atoms with E-state index >= 15 is 0 Å². The van der Waals surface area contributed by atoms with Crippen molar-refractivity contribution < 1.29 is 9.53 Å². The number of aromatic amines is 1. The summed E-state index contributed by atoms with van der Waals surface area (Å²) in [4.78, 5) is 14.1. The number of hydrogen-bond donors (Lipinski definition) is 2. The highest BCUT2D eigenvalue weighted by Crippen LogP contribution is 2.25. The highest BCUT2D eigenvalue weighted by atomic mass is 16.5. The van der Waals surface area contributed by atoms with Crippen molar-refractivity contribution in [2.45, 2.75) is 31.2 Å². The van der Waals surface area contributed by atoms with Crippen LogP contribution in [-0.4, -0.2) is 53.9 Å². The Balaban J connectivity index is 1.91. The Labute approximate surface area is 113 Å². The Morgan fingerprint density at radius 3 is 3.26 bits per heavy atom. The molecule has 1 aromatic heterocycles. The van der Waals surface area contributed by atoms with Crippen molar-refractivity contribution in [3.05, 3.63) is 18.0 Å². The van der Waals surface area contributed by atoms with Gasteiger partial charge in [-0.05, 0) is 25.3 Å². The van der Waals surface area contributed by atoms with Crippen molar-refractivity contribution in [1.29, 1.82) is 0 Å². The van der Waals surface area contributed by atoms with Gasteiger partial charge in [-0.3, -0.25) is 9.89 Å². The number of carbonyl (C=O) groups is 1. The molecule has 0 spiro atoms. The van der Waals surface area contributed by atoms with Gasteiger partial charge in [-0.15, -0.1) is 0 Å². The average Bonchev–Trinajstić information content (AvgIpc) is 2.98. The summed E-state index contributed by atoms with van der Waals surface area (Å²) >= 11 is 0. The van der Waals surface area contributed by atoms with Gasteiger partial charge in [0.1, 0.15) is 0 Å². The van der Waals surface area contributed by atoms with Crippen LogP contribution in [0.1, 0.15) is 30.9 Å². The van der Waals surface area contributed by atoms with E-state index < -0.39 is 6.04 Å². The highest BCUT2D eigenvalue weighted by Gasteiger charge is 2.28. The van der Waals surface area contributed by atoms with E-state index in [0.29, 0.717) is 18.9 Å². The number of rotatable bonds is 5. The smallest absolute Gasteiger partial charge is 0.239 e. The van der Waals surface area contributed by atoms with Crippen LogP contribution in [0.25, 0.3) is 0 Å². The third kappa shape index (κ3) is 3.54. The molecule has 0 bridgehead atoms. The van der Waals surface area contributed by atoms with Crippen LogP contribution >= 0.6 is 0 Å². The lowest BCUT2D eigenvalue weighted by Crippen LogP contribution is -2.48. The number of piperidine rings is 1. The Kier molecular flexibility index (Phi) is 4.93. The number of amides is 1. The quantitative estimate of drug-likeness (QED) is 0.812. The minimum atomic E-state index is -0.458. The fourth-order valence-electron chi connectivity index (χ4n) is 2.53. The zero-order chi connectivity index (χ0) is 13.7. The molecule has 2 atom stereocenters. The predicted molar refractivity (Wildman–Crippen MR) is 71.6 cm³/mol. The summed E-state index contributed by atoms with van der Waals surface area (Å²) in [6, 6.07) is 1.52. The zero-order valence-electron chi connectivity index (χ0n) is 11.3. The van der Waals surface area contributed by atoms with Gasteiger partial charge in [0, 0.05) is 44.6 Å². The van der Waals surface area contributed by atoms with Crippen LogP contribution < -0.4 is 5.73 Å². The molecule has 3 N–H and O–H groups in total. The van der Waals surface area contributed by atoms with Crippen molar-refractivity contribution in [2.24, 2.45) is 5.73 Å². The van der Waals surface area contributed by atoms with E-state index in [1.54, 1.807) is 13.3 Å². The van der Waals surface area contributed by atoms with Crippen LogP contribution in [0.3, 0.4) is 0 Å². The number of ether oxygens (including phenoxy) is 1. The second kappa shape index (κ2) is 6.68. The van der Waals surface area contributed by atoms with Crippen LogP contribution in [0, 0.1) is 0 Å². The molecule has 106 valence electrons. The standard InChI is InChI=1S/C13H22N4O2/c1-19-8-5-11(14)13(18)17-7-2-3-10(9-17)12-4-6-15-16-12/h4,6,10-11H,2-3,5,7-9,14H2,1H3,(H,15,16). The summed E-state index contributed by atoms with van der Waals surface area (Å²) in [5.41, 5.74) is 7.01. The lowest BCUT2D eigenvalue weighted by atomic mass is 9.94. The van der Waals surface area contributed by atoms with E-state index in [9.17, 15) is 4.79 Å². The lowest BCUT2D eigenvalue weighted by molar-refractivity contribution is -0.134. The molecule has 6 heteroatoms. The van der Waals surface area contributed by atoms with E-state index in [1.807, 2.05) is 11.0 Å². The zero-order valence-corrected chi connectivity index (χ0v) is 11.3. The summed E-state index contributed by atoms with van der Waals surface area (Å²) in [5, 5.41) is 6.96. The molecule has 2 rings (SSSR count). The Morgan fingerprint density at radius 1 is 1.74 bits per heavy atom. The number of hydrogen-bond acceptors (Lipinski definition) is 4. The average molecular weight is 266 g/mol. The molecule has 1 fully saturated rings.